The average Bonchev–Trinajstić information content (AvgIpc) is 2.54. The molecule has 22 heavy (non-hydrogen) atoms. The Morgan fingerprint density at radius 2 is 2.18 bits per heavy atom. The minimum absolute atomic E-state index is 0.211. The summed E-state index contributed by atoms with van der Waals surface area (Å²) in [5, 5.41) is 9.75. The highest BCUT2D eigenvalue weighted by atomic mass is 32.1. The molecule has 0 saturated carbocycles. The highest BCUT2D eigenvalue weighted by Crippen LogP contribution is 2.26. The van der Waals surface area contributed by atoms with Gasteiger partial charge >= 0.3 is 0 Å². The first-order chi connectivity index (χ1) is 10.8. The Balaban J connectivity index is 2.33. The second-order valence-corrected chi connectivity index (χ2v) is 4.83. The Bertz CT molecular complexity index is 734. The number of nitrogens with one attached hydrogen (secondary N) is 2. The summed E-state index contributed by atoms with van der Waals surface area (Å²) >= 11 is 5.07. The van der Waals surface area contributed by atoms with Crippen molar-refractivity contribution < 1.29 is 4.74 Å². The van der Waals surface area contributed by atoms with E-state index in [1.165, 1.54) is 0 Å². The van der Waals surface area contributed by atoms with Crippen LogP contribution in [-0.2, 0) is 0 Å². The fraction of sp³-hybridized carbons (Fsp3) is 0.176. The summed E-state index contributed by atoms with van der Waals surface area (Å²) in [6.07, 6.45) is 6.96. The predicted molar refractivity (Wildman–Crippen MR) is 95.3 cm³/mol. The standard InChI is InChI=1S/C17H17N3OS/c1-3-11-21-16-10-9-13-7-5-6-8-14(13)15(16)12-19-20-17(22)18-4-2/h1,5-10,12H,4,11H2,2H3,(H2,18,20,22). The maximum atomic E-state index is 5.60. The van der Waals surface area contributed by atoms with Crippen LogP contribution in [0.2, 0.25) is 0 Å². The van der Waals surface area contributed by atoms with E-state index >= 15 is 0 Å². The summed E-state index contributed by atoms with van der Waals surface area (Å²) in [5.41, 5.74) is 3.64. The van der Waals surface area contributed by atoms with Gasteiger partial charge in [-0.1, -0.05) is 36.3 Å². The van der Waals surface area contributed by atoms with Gasteiger partial charge in [0.25, 0.3) is 0 Å². The summed E-state index contributed by atoms with van der Waals surface area (Å²) in [7, 11) is 0. The van der Waals surface area contributed by atoms with E-state index in [4.69, 9.17) is 23.4 Å². The topological polar surface area (TPSA) is 45.6 Å². The van der Waals surface area contributed by atoms with Crippen molar-refractivity contribution in [2.45, 2.75) is 6.92 Å². The van der Waals surface area contributed by atoms with Gasteiger partial charge in [-0.2, -0.15) is 5.10 Å². The zero-order valence-electron chi connectivity index (χ0n) is 12.3. The third-order valence-electron chi connectivity index (χ3n) is 2.94. The molecule has 4 nitrogen and oxygen atoms in total. The Morgan fingerprint density at radius 1 is 1.36 bits per heavy atom. The van der Waals surface area contributed by atoms with Crippen LogP contribution in [0, 0.1) is 12.3 Å². The fourth-order valence-corrected chi connectivity index (χ4v) is 2.21. The summed E-state index contributed by atoms with van der Waals surface area (Å²) in [6, 6.07) is 11.9. The van der Waals surface area contributed by atoms with E-state index in [1.54, 1.807) is 6.21 Å². The van der Waals surface area contributed by atoms with Gasteiger partial charge in [0.1, 0.15) is 12.4 Å². The number of terminal acetylenes is 1. The molecule has 0 aliphatic carbocycles. The molecular weight excluding hydrogens is 294 g/mol. The number of hydrazone groups is 1. The minimum atomic E-state index is 0.211. The van der Waals surface area contributed by atoms with Gasteiger partial charge in [0.05, 0.1) is 6.21 Å². The summed E-state index contributed by atoms with van der Waals surface area (Å²) < 4.78 is 5.60. The normalized spacial score (nSPS) is 10.4. The second kappa shape index (κ2) is 8.01. The number of nitrogens with zero attached hydrogens (tertiary/aromatic N) is 1. The molecule has 0 aliphatic heterocycles. The maximum Gasteiger partial charge on any atom is 0.186 e. The SMILES string of the molecule is C#CCOc1ccc2ccccc2c1C=NNC(=S)NCC. The Hall–Kier alpha value is -2.58. The van der Waals surface area contributed by atoms with E-state index < -0.39 is 0 Å². The van der Waals surface area contributed by atoms with E-state index in [0.717, 1.165) is 22.9 Å². The molecule has 2 rings (SSSR count). The molecule has 0 spiro atoms. The highest BCUT2D eigenvalue weighted by Gasteiger charge is 2.06. The van der Waals surface area contributed by atoms with Crippen molar-refractivity contribution in [2.24, 2.45) is 5.10 Å². The lowest BCUT2D eigenvalue weighted by atomic mass is 10.0. The molecule has 0 heterocycles. The smallest absolute Gasteiger partial charge is 0.186 e. The van der Waals surface area contributed by atoms with E-state index in [-0.39, 0.29) is 6.61 Å². The van der Waals surface area contributed by atoms with Crippen molar-refractivity contribution in [3.63, 3.8) is 0 Å². The van der Waals surface area contributed by atoms with E-state index in [2.05, 4.69) is 21.8 Å². The van der Waals surface area contributed by atoms with Gasteiger partial charge in [0, 0.05) is 12.1 Å². The van der Waals surface area contributed by atoms with Crippen LogP contribution in [0.3, 0.4) is 0 Å². The lowest BCUT2D eigenvalue weighted by Crippen LogP contribution is -2.31. The first kappa shape index (κ1) is 15.8. The monoisotopic (exact) mass is 311 g/mol. The van der Waals surface area contributed by atoms with Crippen molar-refractivity contribution in [1.29, 1.82) is 0 Å². The fourth-order valence-electron chi connectivity index (χ4n) is 2.01. The van der Waals surface area contributed by atoms with Crippen LogP contribution in [0.1, 0.15) is 12.5 Å². The number of hydrogen-bond acceptors (Lipinski definition) is 3. The molecular formula is C17H17N3OS. The van der Waals surface area contributed by atoms with Gasteiger partial charge in [-0.3, -0.25) is 5.43 Å². The minimum Gasteiger partial charge on any atom is -0.480 e. The lowest BCUT2D eigenvalue weighted by Gasteiger charge is -2.10. The molecule has 0 bridgehead atoms. The summed E-state index contributed by atoms with van der Waals surface area (Å²) in [4.78, 5) is 0. The van der Waals surface area contributed by atoms with Crippen molar-refractivity contribution in [3.05, 3.63) is 42.0 Å². The zero-order chi connectivity index (χ0) is 15.8. The number of rotatable bonds is 5. The van der Waals surface area contributed by atoms with Crippen LogP contribution in [-0.4, -0.2) is 24.5 Å². The molecule has 5 heteroatoms. The van der Waals surface area contributed by atoms with E-state index in [1.807, 2.05) is 43.3 Å². The van der Waals surface area contributed by atoms with Crippen molar-refractivity contribution in [2.75, 3.05) is 13.2 Å². The van der Waals surface area contributed by atoms with E-state index in [0.29, 0.717) is 10.9 Å². The molecule has 0 radical (unpaired) electrons. The van der Waals surface area contributed by atoms with Gasteiger partial charge in [-0.25, -0.2) is 0 Å². The van der Waals surface area contributed by atoms with Crippen LogP contribution < -0.4 is 15.5 Å². The van der Waals surface area contributed by atoms with E-state index in [9.17, 15) is 0 Å². The first-order valence-electron chi connectivity index (χ1n) is 6.91. The van der Waals surface area contributed by atoms with Crippen molar-refractivity contribution in [3.8, 4) is 18.1 Å². The number of ether oxygens (including phenoxy) is 1. The van der Waals surface area contributed by atoms with Crippen LogP contribution >= 0.6 is 12.2 Å². The van der Waals surface area contributed by atoms with Gasteiger partial charge in [0.2, 0.25) is 0 Å². The van der Waals surface area contributed by atoms with Gasteiger partial charge in [0.15, 0.2) is 5.11 Å². The molecule has 0 saturated heterocycles. The average molecular weight is 311 g/mol. The molecule has 2 aromatic carbocycles. The second-order valence-electron chi connectivity index (χ2n) is 4.42. The number of benzene rings is 2. The summed E-state index contributed by atoms with van der Waals surface area (Å²) in [6.45, 7) is 2.92. The van der Waals surface area contributed by atoms with Crippen LogP contribution in [0.5, 0.6) is 5.75 Å². The number of thiocarbonyl (C=S) groups is 1. The van der Waals surface area contributed by atoms with Gasteiger partial charge < -0.3 is 10.1 Å². The molecule has 0 fully saturated rings. The maximum absolute atomic E-state index is 5.60. The molecule has 0 aliphatic rings. The zero-order valence-corrected chi connectivity index (χ0v) is 13.1. The lowest BCUT2D eigenvalue weighted by molar-refractivity contribution is 0.370. The van der Waals surface area contributed by atoms with Crippen molar-refractivity contribution in [1.82, 2.24) is 10.7 Å². The first-order valence-corrected chi connectivity index (χ1v) is 7.32. The molecule has 2 N–H and O–H groups in total. The van der Waals surface area contributed by atoms with Crippen LogP contribution in [0.25, 0.3) is 10.8 Å². The van der Waals surface area contributed by atoms with Crippen LogP contribution in [0.4, 0.5) is 0 Å². The molecule has 112 valence electrons. The number of fused-ring (bicyclic) bond motifs is 1. The Labute approximate surface area is 135 Å². The third kappa shape index (κ3) is 3.96. The Kier molecular flexibility index (Phi) is 5.75. The quantitative estimate of drug-likeness (QED) is 0.386. The third-order valence-corrected chi connectivity index (χ3v) is 3.17. The molecule has 2 aromatic rings. The Morgan fingerprint density at radius 3 is 2.95 bits per heavy atom. The molecule has 0 amide bonds. The molecule has 0 aromatic heterocycles. The van der Waals surface area contributed by atoms with Crippen LogP contribution in [0.15, 0.2) is 41.5 Å². The largest absolute Gasteiger partial charge is 0.480 e. The molecule has 0 atom stereocenters. The van der Waals surface area contributed by atoms with Gasteiger partial charge in [-0.05, 0) is 36.0 Å². The predicted octanol–water partition coefficient (Wildman–Crippen LogP) is 2.67. The molecule has 0 unspecified atom stereocenters. The highest BCUT2D eigenvalue weighted by molar-refractivity contribution is 7.80. The van der Waals surface area contributed by atoms with Crippen molar-refractivity contribution >= 4 is 34.3 Å². The number of hydrogen-bond donors (Lipinski definition) is 2. The van der Waals surface area contributed by atoms with Gasteiger partial charge in [-0.15, -0.1) is 6.42 Å². The summed E-state index contributed by atoms with van der Waals surface area (Å²) in [5.74, 6) is 3.16.